The van der Waals surface area contributed by atoms with Crippen molar-refractivity contribution in [2.45, 2.75) is 25.9 Å². The number of rotatable bonds is 9. The molecule has 2 aromatic carbocycles. The summed E-state index contributed by atoms with van der Waals surface area (Å²) < 4.78 is 11.3. The van der Waals surface area contributed by atoms with Crippen molar-refractivity contribution in [3.8, 4) is 5.75 Å². The lowest BCUT2D eigenvalue weighted by molar-refractivity contribution is -0.114. The molecule has 1 fully saturated rings. The molecule has 1 aliphatic heterocycles. The van der Waals surface area contributed by atoms with Crippen LogP contribution < -0.4 is 20.7 Å². The first kappa shape index (κ1) is 20.7. The van der Waals surface area contributed by atoms with Crippen LogP contribution >= 0.6 is 0 Å². The van der Waals surface area contributed by atoms with Gasteiger partial charge in [0.15, 0.2) is 0 Å². The molecule has 7 nitrogen and oxygen atoms in total. The second-order valence-corrected chi connectivity index (χ2v) is 6.81. The highest BCUT2D eigenvalue weighted by atomic mass is 16.5. The summed E-state index contributed by atoms with van der Waals surface area (Å²) >= 11 is 0. The Morgan fingerprint density at radius 3 is 2.45 bits per heavy atom. The van der Waals surface area contributed by atoms with Crippen molar-refractivity contribution in [3.05, 3.63) is 54.1 Å². The Balaban J connectivity index is 1.41. The lowest BCUT2D eigenvalue weighted by atomic mass is 10.2. The molecule has 0 saturated carbocycles. The van der Waals surface area contributed by atoms with E-state index in [2.05, 4.69) is 16.0 Å². The molecule has 0 bridgehead atoms. The molecule has 1 atom stereocenters. The van der Waals surface area contributed by atoms with E-state index in [0.717, 1.165) is 30.9 Å². The summed E-state index contributed by atoms with van der Waals surface area (Å²) in [5.74, 6) is 0.479. The molecule has 0 aliphatic carbocycles. The smallest absolute Gasteiger partial charge is 0.251 e. The molecule has 7 heteroatoms. The quantitative estimate of drug-likeness (QED) is 0.605. The number of carbonyl (C=O) groups is 2. The zero-order valence-electron chi connectivity index (χ0n) is 16.6. The number of ether oxygens (including phenoxy) is 2. The van der Waals surface area contributed by atoms with Crippen LogP contribution in [0.2, 0.25) is 0 Å². The lowest BCUT2D eigenvalue weighted by Gasteiger charge is -2.12. The number of anilines is 2. The van der Waals surface area contributed by atoms with Crippen molar-refractivity contribution in [1.82, 2.24) is 5.32 Å². The maximum atomic E-state index is 12.1. The van der Waals surface area contributed by atoms with Crippen molar-refractivity contribution in [2.24, 2.45) is 0 Å². The second-order valence-electron chi connectivity index (χ2n) is 6.81. The molecule has 2 amide bonds. The Labute approximate surface area is 170 Å². The molecule has 2 aromatic rings. The Bertz CT molecular complexity index is 800. The van der Waals surface area contributed by atoms with Crippen molar-refractivity contribution in [2.75, 3.05) is 36.9 Å². The molecule has 0 spiro atoms. The van der Waals surface area contributed by atoms with Gasteiger partial charge in [-0.3, -0.25) is 9.59 Å². The van der Waals surface area contributed by atoms with E-state index in [1.54, 1.807) is 24.3 Å². The van der Waals surface area contributed by atoms with Crippen LogP contribution in [0.5, 0.6) is 5.75 Å². The summed E-state index contributed by atoms with van der Waals surface area (Å²) in [6, 6.07) is 14.3. The first-order valence-electron chi connectivity index (χ1n) is 9.90. The SMILES string of the molecule is CCNC(=O)c1ccc(NC(=O)CNc2ccc(OCC3CCCO3)cc2)cc1. The van der Waals surface area contributed by atoms with Crippen LogP contribution in [0, 0.1) is 0 Å². The van der Waals surface area contributed by atoms with Crippen molar-refractivity contribution < 1.29 is 19.1 Å². The third-order valence-electron chi connectivity index (χ3n) is 4.54. The van der Waals surface area contributed by atoms with Crippen LogP contribution in [0.15, 0.2) is 48.5 Å². The average molecular weight is 397 g/mol. The van der Waals surface area contributed by atoms with E-state index >= 15 is 0 Å². The summed E-state index contributed by atoms with van der Waals surface area (Å²) in [7, 11) is 0. The zero-order chi connectivity index (χ0) is 20.5. The van der Waals surface area contributed by atoms with Crippen LogP contribution in [0.3, 0.4) is 0 Å². The summed E-state index contributed by atoms with van der Waals surface area (Å²) in [6.45, 7) is 3.95. The van der Waals surface area contributed by atoms with Gasteiger partial charge >= 0.3 is 0 Å². The van der Waals surface area contributed by atoms with E-state index in [-0.39, 0.29) is 24.5 Å². The average Bonchev–Trinajstić information content (AvgIpc) is 3.26. The highest BCUT2D eigenvalue weighted by molar-refractivity contribution is 5.96. The molecule has 1 heterocycles. The first-order chi connectivity index (χ1) is 14.1. The van der Waals surface area contributed by atoms with Gasteiger partial charge in [-0.2, -0.15) is 0 Å². The van der Waals surface area contributed by atoms with E-state index in [4.69, 9.17) is 9.47 Å². The van der Waals surface area contributed by atoms with Crippen LogP contribution in [-0.4, -0.2) is 44.2 Å². The lowest BCUT2D eigenvalue weighted by Crippen LogP contribution is -2.23. The summed E-state index contributed by atoms with van der Waals surface area (Å²) in [4.78, 5) is 23.9. The summed E-state index contributed by atoms with van der Waals surface area (Å²) in [6.07, 6.45) is 2.33. The topological polar surface area (TPSA) is 88.7 Å². The van der Waals surface area contributed by atoms with Gasteiger partial charge in [-0.15, -0.1) is 0 Å². The number of hydrogen-bond acceptors (Lipinski definition) is 5. The van der Waals surface area contributed by atoms with Gasteiger partial charge < -0.3 is 25.4 Å². The monoisotopic (exact) mass is 397 g/mol. The van der Waals surface area contributed by atoms with Gasteiger partial charge in [0.25, 0.3) is 5.91 Å². The second kappa shape index (κ2) is 10.5. The highest BCUT2D eigenvalue weighted by Gasteiger charge is 2.15. The molecule has 0 aromatic heterocycles. The number of carbonyl (C=O) groups excluding carboxylic acids is 2. The van der Waals surface area contributed by atoms with Gasteiger partial charge in [-0.05, 0) is 68.3 Å². The fourth-order valence-corrected chi connectivity index (χ4v) is 2.99. The largest absolute Gasteiger partial charge is 0.491 e. The van der Waals surface area contributed by atoms with E-state index in [0.29, 0.717) is 24.4 Å². The van der Waals surface area contributed by atoms with Gasteiger partial charge in [0.05, 0.1) is 12.6 Å². The van der Waals surface area contributed by atoms with Gasteiger partial charge in [-0.25, -0.2) is 0 Å². The third kappa shape index (κ3) is 6.50. The molecule has 154 valence electrons. The zero-order valence-corrected chi connectivity index (χ0v) is 16.6. The summed E-state index contributed by atoms with van der Waals surface area (Å²) in [5.41, 5.74) is 2.03. The Hall–Kier alpha value is -3.06. The predicted octanol–water partition coefficient (Wildman–Crippen LogP) is 3.04. The van der Waals surface area contributed by atoms with Crippen LogP contribution in [0.1, 0.15) is 30.1 Å². The van der Waals surface area contributed by atoms with Crippen molar-refractivity contribution in [1.29, 1.82) is 0 Å². The van der Waals surface area contributed by atoms with Crippen molar-refractivity contribution >= 4 is 23.2 Å². The number of benzene rings is 2. The molecule has 1 saturated heterocycles. The Morgan fingerprint density at radius 1 is 1.07 bits per heavy atom. The van der Waals surface area contributed by atoms with Crippen LogP contribution in [0.25, 0.3) is 0 Å². The van der Waals surface area contributed by atoms with Gasteiger partial charge in [0.1, 0.15) is 12.4 Å². The number of amides is 2. The van der Waals surface area contributed by atoms with Crippen LogP contribution in [-0.2, 0) is 9.53 Å². The summed E-state index contributed by atoms with van der Waals surface area (Å²) in [5, 5.41) is 8.62. The molecule has 3 N–H and O–H groups in total. The third-order valence-corrected chi connectivity index (χ3v) is 4.54. The van der Waals surface area contributed by atoms with Gasteiger partial charge in [0, 0.05) is 30.1 Å². The molecule has 0 radical (unpaired) electrons. The normalized spacial score (nSPS) is 15.6. The Kier molecular flexibility index (Phi) is 7.47. The minimum atomic E-state index is -0.172. The van der Waals surface area contributed by atoms with Gasteiger partial charge in [0.2, 0.25) is 5.91 Å². The molecule has 29 heavy (non-hydrogen) atoms. The van der Waals surface area contributed by atoms with E-state index in [1.807, 2.05) is 31.2 Å². The predicted molar refractivity (Wildman–Crippen MR) is 112 cm³/mol. The number of hydrogen-bond donors (Lipinski definition) is 3. The maximum absolute atomic E-state index is 12.1. The fourth-order valence-electron chi connectivity index (χ4n) is 2.99. The fraction of sp³-hybridized carbons (Fsp3) is 0.364. The minimum Gasteiger partial charge on any atom is -0.491 e. The molecule has 3 rings (SSSR count). The highest BCUT2D eigenvalue weighted by Crippen LogP contribution is 2.18. The standard InChI is InChI=1S/C22H27N3O4/c1-2-23-22(27)16-5-7-18(8-6-16)25-21(26)14-24-17-9-11-19(12-10-17)29-15-20-4-3-13-28-20/h5-12,20,24H,2-4,13-15H2,1H3,(H,23,27)(H,25,26). The number of nitrogens with one attached hydrogen (secondary N) is 3. The van der Waals surface area contributed by atoms with E-state index in [1.165, 1.54) is 0 Å². The molecule has 1 unspecified atom stereocenters. The first-order valence-corrected chi connectivity index (χ1v) is 9.90. The maximum Gasteiger partial charge on any atom is 0.251 e. The van der Waals surface area contributed by atoms with Crippen molar-refractivity contribution in [3.63, 3.8) is 0 Å². The Morgan fingerprint density at radius 2 is 1.79 bits per heavy atom. The van der Waals surface area contributed by atoms with Crippen LogP contribution in [0.4, 0.5) is 11.4 Å². The van der Waals surface area contributed by atoms with E-state index < -0.39 is 0 Å². The minimum absolute atomic E-state index is 0.129. The molecular formula is C22H27N3O4. The van der Waals surface area contributed by atoms with E-state index in [9.17, 15) is 9.59 Å². The van der Waals surface area contributed by atoms with Gasteiger partial charge in [-0.1, -0.05) is 0 Å². The molecule has 1 aliphatic rings. The molecular weight excluding hydrogens is 370 g/mol.